The van der Waals surface area contributed by atoms with Crippen molar-refractivity contribution in [3.63, 3.8) is 0 Å². The van der Waals surface area contributed by atoms with Crippen LogP contribution in [0.15, 0.2) is 42.5 Å². The molecule has 0 heterocycles. The summed E-state index contributed by atoms with van der Waals surface area (Å²) in [6.45, 7) is 0.725. The van der Waals surface area contributed by atoms with Crippen molar-refractivity contribution in [3.8, 4) is 17.2 Å². The van der Waals surface area contributed by atoms with Gasteiger partial charge in [-0.2, -0.15) is 0 Å². The number of methoxy groups -OCH3 is 2. The summed E-state index contributed by atoms with van der Waals surface area (Å²) in [6.07, 6.45) is 0. The summed E-state index contributed by atoms with van der Waals surface area (Å²) in [7, 11) is 3.12. The fourth-order valence-corrected chi connectivity index (χ4v) is 2.19. The number of carbonyl (C=O) groups is 1. The van der Waals surface area contributed by atoms with Crippen LogP contribution in [-0.2, 0) is 0 Å². The average Bonchev–Trinajstić information content (AvgIpc) is 2.58. The van der Waals surface area contributed by atoms with Gasteiger partial charge in [-0.15, -0.1) is 0 Å². The van der Waals surface area contributed by atoms with Crippen LogP contribution in [0.25, 0.3) is 0 Å². The molecule has 0 fully saturated rings. The maximum absolute atomic E-state index is 12.0. The number of benzene rings is 2. The second-order valence-electron chi connectivity index (χ2n) is 4.63. The van der Waals surface area contributed by atoms with E-state index in [1.165, 1.54) is 7.11 Å². The lowest BCUT2D eigenvalue weighted by molar-refractivity contribution is 0.0947. The van der Waals surface area contributed by atoms with Crippen LogP contribution >= 0.6 is 11.6 Å². The molecule has 0 spiro atoms. The van der Waals surface area contributed by atoms with Gasteiger partial charge in [0, 0.05) is 11.6 Å². The molecule has 0 saturated heterocycles. The van der Waals surface area contributed by atoms with Crippen LogP contribution in [0.1, 0.15) is 10.4 Å². The van der Waals surface area contributed by atoms with Crippen molar-refractivity contribution in [1.29, 1.82) is 0 Å². The van der Waals surface area contributed by atoms with E-state index < -0.39 is 0 Å². The molecule has 23 heavy (non-hydrogen) atoms. The Kier molecular flexibility index (Phi) is 6.11. The second kappa shape index (κ2) is 8.29. The van der Waals surface area contributed by atoms with E-state index in [0.717, 1.165) is 5.75 Å². The van der Waals surface area contributed by atoms with Crippen LogP contribution in [0.5, 0.6) is 17.2 Å². The Labute approximate surface area is 140 Å². The molecule has 6 heteroatoms. The lowest BCUT2D eigenvalue weighted by atomic mass is 10.2. The van der Waals surface area contributed by atoms with Gasteiger partial charge in [-0.25, -0.2) is 0 Å². The van der Waals surface area contributed by atoms with Gasteiger partial charge in [0.1, 0.15) is 23.9 Å². The predicted octanol–water partition coefficient (Wildman–Crippen LogP) is 3.17. The van der Waals surface area contributed by atoms with Gasteiger partial charge in [0.25, 0.3) is 5.91 Å². The van der Waals surface area contributed by atoms with Gasteiger partial charge in [-0.1, -0.05) is 17.7 Å². The van der Waals surface area contributed by atoms with Crippen molar-refractivity contribution in [2.75, 3.05) is 27.4 Å². The fraction of sp³-hybridized carbons (Fsp3) is 0.235. The quantitative estimate of drug-likeness (QED) is 0.790. The van der Waals surface area contributed by atoms with Crippen molar-refractivity contribution in [1.82, 2.24) is 5.32 Å². The van der Waals surface area contributed by atoms with E-state index in [9.17, 15) is 4.79 Å². The number of rotatable bonds is 7. The highest BCUT2D eigenvalue weighted by Crippen LogP contribution is 2.24. The molecule has 0 aromatic heterocycles. The van der Waals surface area contributed by atoms with Crippen molar-refractivity contribution in [3.05, 3.63) is 53.1 Å². The highest BCUT2D eigenvalue weighted by atomic mass is 35.5. The molecule has 0 aliphatic heterocycles. The summed E-state index contributed by atoms with van der Waals surface area (Å²) in [4.78, 5) is 12.0. The molecule has 1 N–H and O–H groups in total. The number of hydrogen-bond donors (Lipinski definition) is 1. The summed E-state index contributed by atoms with van der Waals surface area (Å²) in [6, 6.07) is 12.2. The zero-order valence-corrected chi connectivity index (χ0v) is 13.7. The summed E-state index contributed by atoms with van der Waals surface area (Å²) in [5.74, 6) is 1.72. The third-order valence-electron chi connectivity index (χ3n) is 3.11. The fourth-order valence-electron chi connectivity index (χ4n) is 1.93. The predicted molar refractivity (Wildman–Crippen MR) is 88.8 cm³/mol. The Balaban J connectivity index is 1.81. The van der Waals surface area contributed by atoms with E-state index in [4.69, 9.17) is 25.8 Å². The van der Waals surface area contributed by atoms with E-state index in [2.05, 4.69) is 5.32 Å². The van der Waals surface area contributed by atoms with Gasteiger partial charge in [0.05, 0.1) is 25.8 Å². The summed E-state index contributed by atoms with van der Waals surface area (Å²) in [5, 5.41) is 3.16. The Morgan fingerprint density at radius 2 is 1.87 bits per heavy atom. The molecule has 0 saturated carbocycles. The standard InChI is InChI=1S/C17H18ClNO4/c1-21-13-4-3-5-14(11-13)23-9-8-19-17(20)12-6-7-16(22-2)15(18)10-12/h3-7,10-11H,8-9H2,1-2H3,(H,19,20). The third-order valence-corrected chi connectivity index (χ3v) is 3.41. The van der Waals surface area contributed by atoms with Gasteiger partial charge in [-0.3, -0.25) is 4.79 Å². The first-order valence-electron chi connectivity index (χ1n) is 7.02. The average molecular weight is 336 g/mol. The Morgan fingerprint density at radius 1 is 1.09 bits per heavy atom. The van der Waals surface area contributed by atoms with E-state index in [1.807, 2.05) is 18.2 Å². The Hall–Kier alpha value is -2.40. The van der Waals surface area contributed by atoms with Crippen LogP contribution in [0.4, 0.5) is 0 Å². The molecule has 2 aromatic rings. The first-order valence-corrected chi connectivity index (χ1v) is 7.40. The molecular formula is C17H18ClNO4. The molecule has 2 aromatic carbocycles. The Bertz CT molecular complexity index is 675. The highest BCUT2D eigenvalue weighted by molar-refractivity contribution is 6.32. The number of nitrogens with one attached hydrogen (secondary N) is 1. The van der Waals surface area contributed by atoms with Crippen LogP contribution in [-0.4, -0.2) is 33.3 Å². The van der Waals surface area contributed by atoms with Crippen LogP contribution in [0, 0.1) is 0 Å². The zero-order valence-electron chi connectivity index (χ0n) is 13.0. The second-order valence-corrected chi connectivity index (χ2v) is 5.04. The van der Waals surface area contributed by atoms with Crippen molar-refractivity contribution >= 4 is 17.5 Å². The molecule has 0 radical (unpaired) electrons. The normalized spacial score (nSPS) is 10.0. The van der Waals surface area contributed by atoms with Gasteiger partial charge >= 0.3 is 0 Å². The molecule has 0 aliphatic carbocycles. The summed E-state index contributed by atoms with van der Waals surface area (Å²) in [5.41, 5.74) is 0.470. The van der Waals surface area contributed by atoms with Crippen LogP contribution in [0.3, 0.4) is 0 Å². The number of hydrogen-bond acceptors (Lipinski definition) is 4. The van der Waals surface area contributed by atoms with Gasteiger partial charge in [-0.05, 0) is 30.3 Å². The van der Waals surface area contributed by atoms with E-state index >= 15 is 0 Å². The highest BCUT2D eigenvalue weighted by Gasteiger charge is 2.08. The van der Waals surface area contributed by atoms with E-state index in [0.29, 0.717) is 35.2 Å². The third kappa shape index (κ3) is 4.79. The minimum atomic E-state index is -0.219. The molecule has 5 nitrogen and oxygen atoms in total. The monoisotopic (exact) mass is 335 g/mol. The minimum absolute atomic E-state index is 0.219. The molecular weight excluding hydrogens is 318 g/mol. The maximum Gasteiger partial charge on any atom is 0.251 e. The number of ether oxygens (including phenoxy) is 3. The molecule has 2 rings (SSSR count). The number of amides is 1. The van der Waals surface area contributed by atoms with Crippen molar-refractivity contribution < 1.29 is 19.0 Å². The van der Waals surface area contributed by atoms with E-state index in [1.54, 1.807) is 31.4 Å². The van der Waals surface area contributed by atoms with Gasteiger partial charge in [0.15, 0.2) is 0 Å². The van der Waals surface area contributed by atoms with E-state index in [-0.39, 0.29) is 5.91 Å². The summed E-state index contributed by atoms with van der Waals surface area (Å²) < 4.78 is 15.7. The number of halogens is 1. The maximum atomic E-state index is 12.0. The lowest BCUT2D eigenvalue weighted by Crippen LogP contribution is -2.28. The zero-order chi connectivity index (χ0) is 16.7. The summed E-state index contributed by atoms with van der Waals surface area (Å²) >= 11 is 6.00. The largest absolute Gasteiger partial charge is 0.497 e. The molecule has 0 unspecified atom stereocenters. The molecule has 122 valence electrons. The smallest absolute Gasteiger partial charge is 0.251 e. The van der Waals surface area contributed by atoms with Crippen molar-refractivity contribution in [2.45, 2.75) is 0 Å². The molecule has 0 aliphatic rings. The SMILES string of the molecule is COc1cccc(OCCNC(=O)c2ccc(OC)c(Cl)c2)c1. The molecule has 0 atom stereocenters. The topological polar surface area (TPSA) is 56.8 Å². The van der Waals surface area contributed by atoms with Gasteiger partial charge < -0.3 is 19.5 Å². The first-order chi connectivity index (χ1) is 11.1. The van der Waals surface area contributed by atoms with Crippen LogP contribution < -0.4 is 19.5 Å². The van der Waals surface area contributed by atoms with Crippen molar-refractivity contribution in [2.24, 2.45) is 0 Å². The first kappa shape index (κ1) is 17.0. The minimum Gasteiger partial charge on any atom is -0.497 e. The molecule has 1 amide bonds. The molecule has 0 bridgehead atoms. The van der Waals surface area contributed by atoms with Crippen LogP contribution in [0.2, 0.25) is 5.02 Å². The number of carbonyl (C=O) groups excluding carboxylic acids is 1. The van der Waals surface area contributed by atoms with Gasteiger partial charge in [0.2, 0.25) is 0 Å². The Morgan fingerprint density at radius 3 is 2.57 bits per heavy atom. The lowest BCUT2D eigenvalue weighted by Gasteiger charge is -2.09.